The van der Waals surface area contributed by atoms with Crippen molar-refractivity contribution in [2.75, 3.05) is 0 Å². The van der Waals surface area contributed by atoms with E-state index in [1.165, 1.54) is 19.3 Å². The van der Waals surface area contributed by atoms with Gasteiger partial charge in [-0.15, -0.1) is 0 Å². The third-order valence-corrected chi connectivity index (χ3v) is 4.43. The van der Waals surface area contributed by atoms with Crippen LogP contribution in [0, 0.1) is 16.7 Å². The van der Waals surface area contributed by atoms with Crippen LogP contribution in [0.15, 0.2) is 0 Å². The fourth-order valence-corrected chi connectivity index (χ4v) is 2.58. The summed E-state index contributed by atoms with van der Waals surface area (Å²) in [6.45, 7) is 16.7. The molecule has 0 nitrogen and oxygen atoms in total. The van der Waals surface area contributed by atoms with Crippen LogP contribution in [0.5, 0.6) is 0 Å². The first-order valence-corrected chi connectivity index (χ1v) is 5.81. The van der Waals surface area contributed by atoms with E-state index in [4.69, 9.17) is 0 Å². The maximum absolute atomic E-state index is 2.45. The molecule has 0 aromatic carbocycles. The van der Waals surface area contributed by atoms with Crippen molar-refractivity contribution >= 4 is 0 Å². The fourth-order valence-electron chi connectivity index (χ4n) is 2.58. The summed E-state index contributed by atoms with van der Waals surface area (Å²) in [5.41, 5.74) is 0.966. The molecule has 0 radical (unpaired) electrons. The highest BCUT2D eigenvalue weighted by atomic mass is 14.5. The van der Waals surface area contributed by atoms with Crippen molar-refractivity contribution < 1.29 is 0 Å². The van der Waals surface area contributed by atoms with Crippen LogP contribution in [0.1, 0.15) is 67.7 Å². The quantitative estimate of drug-likeness (QED) is 0.571. The van der Waals surface area contributed by atoms with E-state index in [-0.39, 0.29) is 0 Å². The fraction of sp³-hybridized carbons (Fsp3) is 1.00. The van der Waals surface area contributed by atoms with Crippen LogP contribution in [0.25, 0.3) is 0 Å². The molecule has 0 aliphatic rings. The molecule has 0 aliphatic heterocycles. The Morgan fingerprint density at radius 2 is 1.46 bits per heavy atom. The summed E-state index contributed by atoms with van der Waals surface area (Å²) in [5.74, 6) is 0.777. The Kier molecular flexibility index (Phi) is 4.48. The largest absolute Gasteiger partial charge is 0.0654 e. The van der Waals surface area contributed by atoms with E-state index in [9.17, 15) is 0 Å². The van der Waals surface area contributed by atoms with Gasteiger partial charge in [0.25, 0.3) is 0 Å². The van der Waals surface area contributed by atoms with E-state index in [1.54, 1.807) is 0 Å². The Labute approximate surface area is 85.1 Å². The summed E-state index contributed by atoms with van der Waals surface area (Å²) < 4.78 is 0. The summed E-state index contributed by atoms with van der Waals surface area (Å²) in [5, 5.41) is 0. The van der Waals surface area contributed by atoms with Gasteiger partial charge in [-0.3, -0.25) is 0 Å². The van der Waals surface area contributed by atoms with Gasteiger partial charge < -0.3 is 0 Å². The van der Waals surface area contributed by atoms with E-state index < -0.39 is 0 Å². The summed E-state index contributed by atoms with van der Waals surface area (Å²) in [6, 6.07) is 0. The molecule has 80 valence electrons. The van der Waals surface area contributed by atoms with Crippen molar-refractivity contribution in [2.45, 2.75) is 67.7 Å². The lowest BCUT2D eigenvalue weighted by Gasteiger charge is -2.47. The van der Waals surface area contributed by atoms with Gasteiger partial charge in [0, 0.05) is 0 Å². The zero-order valence-corrected chi connectivity index (χ0v) is 10.7. The minimum atomic E-state index is 0.477. The molecule has 0 aliphatic carbocycles. The highest BCUT2D eigenvalue weighted by Gasteiger charge is 2.40. The second-order valence-electron chi connectivity index (χ2n) is 5.56. The van der Waals surface area contributed by atoms with Gasteiger partial charge in [-0.1, -0.05) is 54.9 Å². The van der Waals surface area contributed by atoms with Crippen molar-refractivity contribution in [2.24, 2.45) is 16.7 Å². The molecule has 0 fully saturated rings. The van der Waals surface area contributed by atoms with Crippen LogP contribution in [-0.2, 0) is 0 Å². The molecule has 13 heavy (non-hydrogen) atoms. The molecule has 0 aromatic rings. The molecular formula is C13H28. The van der Waals surface area contributed by atoms with Gasteiger partial charge in [-0.25, -0.2) is 0 Å². The highest BCUT2D eigenvalue weighted by molar-refractivity contribution is 4.90. The van der Waals surface area contributed by atoms with E-state index in [1.807, 2.05) is 0 Å². The molecular weight excluding hydrogens is 156 g/mol. The number of hydrogen-bond acceptors (Lipinski definition) is 0. The summed E-state index contributed by atoms with van der Waals surface area (Å²) in [4.78, 5) is 0. The molecule has 0 N–H and O–H groups in total. The lowest BCUT2D eigenvalue weighted by atomic mass is 9.58. The lowest BCUT2D eigenvalue weighted by molar-refractivity contribution is 0.0230. The Balaban J connectivity index is 4.72. The molecule has 0 aromatic heterocycles. The molecule has 1 unspecified atom stereocenters. The predicted molar refractivity (Wildman–Crippen MR) is 61.9 cm³/mol. The third kappa shape index (κ3) is 2.48. The summed E-state index contributed by atoms with van der Waals surface area (Å²) in [6.07, 6.45) is 3.93. The standard InChI is InChI=1S/C13H28/c1-8-10-12(5,6)13(7,9-2)11(3)4/h11H,8-10H2,1-7H3. The van der Waals surface area contributed by atoms with Crippen molar-refractivity contribution in [3.63, 3.8) is 0 Å². The van der Waals surface area contributed by atoms with E-state index in [2.05, 4.69) is 48.5 Å². The first-order valence-electron chi connectivity index (χ1n) is 5.81. The van der Waals surface area contributed by atoms with Crippen molar-refractivity contribution in [3.05, 3.63) is 0 Å². The molecule has 1 atom stereocenters. The second-order valence-corrected chi connectivity index (χ2v) is 5.56. The van der Waals surface area contributed by atoms with Crippen molar-refractivity contribution in [1.29, 1.82) is 0 Å². The highest BCUT2D eigenvalue weighted by Crippen LogP contribution is 2.49. The van der Waals surface area contributed by atoms with E-state index >= 15 is 0 Å². The van der Waals surface area contributed by atoms with Crippen molar-refractivity contribution in [3.8, 4) is 0 Å². The van der Waals surface area contributed by atoms with Crippen LogP contribution in [0.3, 0.4) is 0 Å². The normalized spacial score (nSPS) is 17.5. The van der Waals surface area contributed by atoms with Gasteiger partial charge in [0.1, 0.15) is 0 Å². The summed E-state index contributed by atoms with van der Waals surface area (Å²) in [7, 11) is 0. The molecule has 0 spiro atoms. The molecule has 0 saturated carbocycles. The second kappa shape index (κ2) is 4.48. The molecule has 0 saturated heterocycles. The average Bonchev–Trinajstić information content (AvgIpc) is 2.02. The molecule has 0 bridgehead atoms. The smallest absolute Gasteiger partial charge is 0.0254 e. The van der Waals surface area contributed by atoms with Crippen LogP contribution >= 0.6 is 0 Å². The topological polar surface area (TPSA) is 0 Å². The van der Waals surface area contributed by atoms with Gasteiger partial charge in [0.2, 0.25) is 0 Å². The lowest BCUT2D eigenvalue weighted by Crippen LogP contribution is -2.39. The minimum absolute atomic E-state index is 0.477. The average molecular weight is 184 g/mol. The zero-order valence-electron chi connectivity index (χ0n) is 10.7. The van der Waals surface area contributed by atoms with Crippen LogP contribution in [0.2, 0.25) is 0 Å². The Bertz CT molecular complexity index is 144. The van der Waals surface area contributed by atoms with Gasteiger partial charge in [0.15, 0.2) is 0 Å². The van der Waals surface area contributed by atoms with Gasteiger partial charge in [-0.05, 0) is 29.6 Å². The molecule has 0 heterocycles. The van der Waals surface area contributed by atoms with Gasteiger partial charge >= 0.3 is 0 Å². The first kappa shape index (κ1) is 13.0. The Hall–Kier alpha value is 0. The third-order valence-electron chi connectivity index (χ3n) is 4.43. The monoisotopic (exact) mass is 184 g/mol. The van der Waals surface area contributed by atoms with Gasteiger partial charge in [0.05, 0.1) is 0 Å². The Morgan fingerprint density at radius 1 is 1.00 bits per heavy atom. The molecule has 0 amide bonds. The Morgan fingerprint density at radius 3 is 1.69 bits per heavy atom. The minimum Gasteiger partial charge on any atom is -0.0654 e. The molecule has 0 rings (SSSR count). The molecule has 0 heteroatoms. The van der Waals surface area contributed by atoms with Crippen LogP contribution < -0.4 is 0 Å². The number of hydrogen-bond donors (Lipinski definition) is 0. The van der Waals surface area contributed by atoms with Gasteiger partial charge in [-0.2, -0.15) is 0 Å². The van der Waals surface area contributed by atoms with E-state index in [0.29, 0.717) is 10.8 Å². The zero-order chi connectivity index (χ0) is 10.7. The first-order chi connectivity index (χ1) is 5.81. The predicted octanol–water partition coefficient (Wildman–Crippen LogP) is 4.89. The van der Waals surface area contributed by atoms with Crippen LogP contribution in [-0.4, -0.2) is 0 Å². The van der Waals surface area contributed by atoms with Crippen LogP contribution in [0.4, 0.5) is 0 Å². The number of rotatable bonds is 5. The maximum Gasteiger partial charge on any atom is -0.0254 e. The van der Waals surface area contributed by atoms with E-state index in [0.717, 1.165) is 5.92 Å². The SMILES string of the molecule is CCCC(C)(C)C(C)(CC)C(C)C. The summed E-state index contributed by atoms with van der Waals surface area (Å²) >= 11 is 0. The maximum atomic E-state index is 2.45. The van der Waals surface area contributed by atoms with Crippen molar-refractivity contribution in [1.82, 2.24) is 0 Å².